The quantitative estimate of drug-likeness (QED) is 0.582. The Morgan fingerprint density at radius 2 is 2.29 bits per heavy atom. The van der Waals surface area contributed by atoms with E-state index in [2.05, 4.69) is 10.6 Å². The van der Waals surface area contributed by atoms with Crippen LogP contribution in [0.1, 0.15) is 12.8 Å². The summed E-state index contributed by atoms with van der Waals surface area (Å²) >= 11 is 1.71. The number of aliphatic hydroxyl groups excluding tert-OH is 1. The van der Waals surface area contributed by atoms with E-state index in [4.69, 9.17) is 4.74 Å². The smallest absolute Gasteiger partial charge is 0.230 e. The van der Waals surface area contributed by atoms with Crippen molar-refractivity contribution < 1.29 is 14.6 Å². The maximum absolute atomic E-state index is 11.5. The number of amides is 1. The van der Waals surface area contributed by atoms with Gasteiger partial charge < -0.3 is 20.5 Å². The van der Waals surface area contributed by atoms with Gasteiger partial charge in [-0.2, -0.15) is 0 Å². The first kappa shape index (κ1) is 14.8. The van der Waals surface area contributed by atoms with E-state index in [0.717, 1.165) is 25.9 Å². The Morgan fingerprint density at radius 3 is 2.94 bits per heavy atom. The summed E-state index contributed by atoms with van der Waals surface area (Å²) in [6.07, 6.45) is 1.64. The van der Waals surface area contributed by atoms with Crippen LogP contribution in [0.25, 0.3) is 0 Å². The first-order valence-electron chi connectivity index (χ1n) is 5.98. The lowest BCUT2D eigenvalue weighted by atomic mass is 10.2. The molecule has 0 aromatic carbocycles. The summed E-state index contributed by atoms with van der Waals surface area (Å²) in [6.45, 7) is 2.61. The molecule has 3 N–H and O–H groups in total. The SMILES string of the molecule is COCC(O)CNC(=O)CSC1CCNCC1. The normalized spacial score (nSPS) is 18.9. The zero-order chi connectivity index (χ0) is 12.5. The molecule has 1 rings (SSSR count). The maximum atomic E-state index is 11.5. The summed E-state index contributed by atoms with van der Waals surface area (Å²) in [4.78, 5) is 11.5. The van der Waals surface area contributed by atoms with E-state index in [-0.39, 0.29) is 19.1 Å². The number of carbonyl (C=O) groups is 1. The third kappa shape index (κ3) is 6.88. The number of aliphatic hydroxyl groups is 1. The zero-order valence-corrected chi connectivity index (χ0v) is 11.1. The van der Waals surface area contributed by atoms with Crippen LogP contribution in [0.2, 0.25) is 0 Å². The lowest BCUT2D eigenvalue weighted by Crippen LogP contribution is -2.36. The number of nitrogens with one attached hydrogen (secondary N) is 2. The second-order valence-corrected chi connectivity index (χ2v) is 5.46. The summed E-state index contributed by atoms with van der Waals surface area (Å²) < 4.78 is 4.78. The minimum atomic E-state index is -0.618. The van der Waals surface area contributed by atoms with E-state index < -0.39 is 6.10 Å². The van der Waals surface area contributed by atoms with Gasteiger partial charge in [-0.05, 0) is 25.9 Å². The van der Waals surface area contributed by atoms with Crippen LogP contribution in [-0.2, 0) is 9.53 Å². The Hall–Kier alpha value is -0.300. The molecule has 17 heavy (non-hydrogen) atoms. The second-order valence-electron chi connectivity index (χ2n) is 4.17. The van der Waals surface area contributed by atoms with Crippen LogP contribution in [0.3, 0.4) is 0 Å². The molecule has 1 fully saturated rings. The fraction of sp³-hybridized carbons (Fsp3) is 0.909. The molecule has 0 aromatic rings. The summed E-state index contributed by atoms with van der Waals surface area (Å²) in [6, 6.07) is 0. The molecule has 0 bridgehead atoms. The summed E-state index contributed by atoms with van der Waals surface area (Å²) in [5, 5.41) is 15.9. The van der Waals surface area contributed by atoms with Crippen LogP contribution < -0.4 is 10.6 Å². The van der Waals surface area contributed by atoms with E-state index in [1.165, 1.54) is 7.11 Å². The largest absolute Gasteiger partial charge is 0.389 e. The number of carbonyl (C=O) groups excluding carboxylic acids is 1. The topological polar surface area (TPSA) is 70.6 Å². The molecule has 100 valence electrons. The van der Waals surface area contributed by atoms with Crippen molar-refractivity contribution in [3.8, 4) is 0 Å². The number of rotatable bonds is 7. The highest BCUT2D eigenvalue weighted by Crippen LogP contribution is 2.19. The molecular weight excluding hydrogens is 240 g/mol. The van der Waals surface area contributed by atoms with Crippen LogP contribution >= 0.6 is 11.8 Å². The van der Waals surface area contributed by atoms with Gasteiger partial charge in [-0.1, -0.05) is 0 Å². The molecule has 1 aliphatic rings. The predicted octanol–water partition coefficient (Wildman–Crippen LogP) is -0.405. The molecular formula is C11H22N2O3S. The van der Waals surface area contributed by atoms with E-state index in [1.54, 1.807) is 11.8 Å². The van der Waals surface area contributed by atoms with Gasteiger partial charge in [0.05, 0.1) is 18.5 Å². The van der Waals surface area contributed by atoms with Crippen molar-refractivity contribution in [2.75, 3.05) is 39.1 Å². The van der Waals surface area contributed by atoms with Crippen LogP contribution in [0, 0.1) is 0 Å². The van der Waals surface area contributed by atoms with Gasteiger partial charge in [-0.25, -0.2) is 0 Å². The molecule has 5 nitrogen and oxygen atoms in total. The van der Waals surface area contributed by atoms with Crippen LogP contribution in [0.5, 0.6) is 0 Å². The maximum Gasteiger partial charge on any atom is 0.230 e. The Kier molecular flexibility index (Phi) is 7.59. The molecule has 0 aromatic heterocycles. The number of hydrogen-bond donors (Lipinski definition) is 3. The molecule has 1 amide bonds. The Labute approximate surface area is 107 Å². The molecule has 1 heterocycles. The van der Waals surface area contributed by atoms with Crippen molar-refractivity contribution in [2.45, 2.75) is 24.2 Å². The first-order valence-corrected chi connectivity index (χ1v) is 7.03. The van der Waals surface area contributed by atoms with Gasteiger partial charge in [0.25, 0.3) is 0 Å². The fourth-order valence-electron chi connectivity index (χ4n) is 1.69. The van der Waals surface area contributed by atoms with Crippen molar-refractivity contribution in [1.82, 2.24) is 10.6 Å². The fourth-order valence-corrected chi connectivity index (χ4v) is 2.75. The predicted molar refractivity (Wildman–Crippen MR) is 69.2 cm³/mol. The average Bonchev–Trinajstić information content (AvgIpc) is 2.35. The van der Waals surface area contributed by atoms with Gasteiger partial charge in [-0.3, -0.25) is 4.79 Å². The van der Waals surface area contributed by atoms with Gasteiger partial charge in [0, 0.05) is 18.9 Å². The number of thioether (sulfide) groups is 1. The summed E-state index contributed by atoms with van der Waals surface area (Å²) in [5.41, 5.74) is 0. The summed E-state index contributed by atoms with van der Waals surface area (Å²) in [7, 11) is 1.53. The molecule has 1 atom stereocenters. The molecule has 0 saturated carbocycles. The van der Waals surface area contributed by atoms with Gasteiger partial charge >= 0.3 is 0 Å². The van der Waals surface area contributed by atoms with Crippen LogP contribution in [-0.4, -0.2) is 61.5 Å². The van der Waals surface area contributed by atoms with Gasteiger partial charge in [0.1, 0.15) is 0 Å². The molecule has 0 radical (unpaired) electrons. The minimum Gasteiger partial charge on any atom is -0.389 e. The van der Waals surface area contributed by atoms with Crippen molar-refractivity contribution in [3.05, 3.63) is 0 Å². The highest BCUT2D eigenvalue weighted by Gasteiger charge is 2.15. The van der Waals surface area contributed by atoms with E-state index in [1.807, 2.05) is 0 Å². The average molecular weight is 262 g/mol. The lowest BCUT2D eigenvalue weighted by molar-refractivity contribution is -0.119. The number of piperidine rings is 1. The number of ether oxygens (including phenoxy) is 1. The number of methoxy groups -OCH3 is 1. The molecule has 1 aliphatic heterocycles. The molecule has 6 heteroatoms. The van der Waals surface area contributed by atoms with Gasteiger partial charge in [0.2, 0.25) is 5.91 Å². The summed E-state index contributed by atoms with van der Waals surface area (Å²) in [5.74, 6) is 0.466. The Morgan fingerprint density at radius 1 is 1.59 bits per heavy atom. The van der Waals surface area contributed by atoms with E-state index in [9.17, 15) is 9.90 Å². The lowest BCUT2D eigenvalue weighted by Gasteiger charge is -2.21. The van der Waals surface area contributed by atoms with Crippen molar-refractivity contribution in [2.24, 2.45) is 0 Å². The highest BCUT2D eigenvalue weighted by atomic mass is 32.2. The Bertz CT molecular complexity index is 223. The second kappa shape index (κ2) is 8.74. The Balaban J connectivity index is 2.04. The minimum absolute atomic E-state index is 0.0105. The molecule has 1 saturated heterocycles. The molecule has 0 aliphatic carbocycles. The van der Waals surface area contributed by atoms with Crippen molar-refractivity contribution >= 4 is 17.7 Å². The van der Waals surface area contributed by atoms with Crippen LogP contribution in [0.4, 0.5) is 0 Å². The van der Waals surface area contributed by atoms with E-state index in [0.29, 0.717) is 11.0 Å². The van der Waals surface area contributed by atoms with Gasteiger partial charge in [-0.15, -0.1) is 11.8 Å². The molecule has 1 unspecified atom stereocenters. The van der Waals surface area contributed by atoms with Crippen molar-refractivity contribution in [3.63, 3.8) is 0 Å². The highest BCUT2D eigenvalue weighted by molar-refractivity contribution is 8.00. The van der Waals surface area contributed by atoms with Crippen LogP contribution in [0.15, 0.2) is 0 Å². The number of hydrogen-bond acceptors (Lipinski definition) is 5. The third-order valence-electron chi connectivity index (χ3n) is 2.63. The van der Waals surface area contributed by atoms with E-state index >= 15 is 0 Å². The zero-order valence-electron chi connectivity index (χ0n) is 10.3. The molecule has 0 spiro atoms. The third-order valence-corrected chi connectivity index (χ3v) is 4.00. The monoisotopic (exact) mass is 262 g/mol. The standard InChI is InChI=1S/C11H22N2O3S/c1-16-7-9(14)6-13-11(15)8-17-10-2-4-12-5-3-10/h9-10,12,14H,2-8H2,1H3,(H,13,15). The van der Waals surface area contributed by atoms with Crippen molar-refractivity contribution in [1.29, 1.82) is 0 Å². The van der Waals surface area contributed by atoms with Gasteiger partial charge in [0.15, 0.2) is 0 Å². The first-order chi connectivity index (χ1) is 8.22.